The van der Waals surface area contributed by atoms with Gasteiger partial charge in [0.05, 0.1) is 11.1 Å². The molecule has 0 unspecified atom stereocenters. The third-order valence-corrected chi connectivity index (χ3v) is 6.98. The highest BCUT2D eigenvalue weighted by atomic mass is 32.2. The van der Waals surface area contributed by atoms with Gasteiger partial charge in [0, 0.05) is 17.1 Å². The van der Waals surface area contributed by atoms with Crippen LogP contribution in [0.15, 0.2) is 28.2 Å². The van der Waals surface area contributed by atoms with E-state index in [1.165, 1.54) is 23.1 Å². The maximum atomic E-state index is 12.9. The number of para-hydroxylation sites is 1. The Hall–Kier alpha value is -2.12. The van der Waals surface area contributed by atoms with Crippen LogP contribution in [0.3, 0.4) is 0 Å². The van der Waals surface area contributed by atoms with Gasteiger partial charge in [0.15, 0.2) is 5.16 Å². The molecule has 0 saturated carbocycles. The Balaban J connectivity index is 1.84. The number of carbonyl (C=O) groups is 1. The first-order valence-corrected chi connectivity index (χ1v) is 11.2. The van der Waals surface area contributed by atoms with Crippen molar-refractivity contribution >= 4 is 44.9 Å². The standard InChI is InChI=1S/C21H25N3O2S2/c1-6-15-10-8-9-12(3)18(15)22-16(25)11-27-21-23-19-17(13(4)14(5)28-19)20(26)24(21)7-2/h8-10H,6-7,11H2,1-5H3,(H,22,25). The first-order valence-electron chi connectivity index (χ1n) is 9.39. The smallest absolute Gasteiger partial charge is 0.263 e. The molecule has 0 fully saturated rings. The Kier molecular flexibility index (Phi) is 6.25. The first-order chi connectivity index (χ1) is 13.4. The average molecular weight is 416 g/mol. The molecule has 0 atom stereocenters. The van der Waals surface area contributed by atoms with Crippen LogP contribution in [0.25, 0.3) is 10.2 Å². The lowest BCUT2D eigenvalue weighted by molar-refractivity contribution is -0.113. The van der Waals surface area contributed by atoms with Gasteiger partial charge in [-0.05, 0) is 50.8 Å². The van der Waals surface area contributed by atoms with Crippen molar-refractivity contribution in [3.63, 3.8) is 0 Å². The van der Waals surface area contributed by atoms with Crippen molar-refractivity contribution in [2.24, 2.45) is 0 Å². The molecule has 0 spiro atoms. The highest BCUT2D eigenvalue weighted by molar-refractivity contribution is 7.99. The quantitative estimate of drug-likeness (QED) is 0.468. The molecule has 0 aliphatic heterocycles. The highest BCUT2D eigenvalue weighted by Gasteiger charge is 2.17. The van der Waals surface area contributed by atoms with Crippen molar-refractivity contribution in [3.05, 3.63) is 50.1 Å². The van der Waals surface area contributed by atoms with Crippen LogP contribution in [0.1, 0.15) is 35.4 Å². The molecule has 3 rings (SSSR count). The number of aryl methyl sites for hydroxylation is 4. The van der Waals surface area contributed by atoms with Crippen LogP contribution in [0.2, 0.25) is 0 Å². The van der Waals surface area contributed by atoms with Gasteiger partial charge in [0.1, 0.15) is 4.83 Å². The minimum absolute atomic E-state index is 0.0237. The largest absolute Gasteiger partial charge is 0.325 e. The topological polar surface area (TPSA) is 64.0 Å². The number of hydrogen-bond donors (Lipinski definition) is 1. The number of nitrogens with one attached hydrogen (secondary N) is 1. The van der Waals surface area contributed by atoms with E-state index in [9.17, 15) is 9.59 Å². The van der Waals surface area contributed by atoms with E-state index in [0.717, 1.165) is 38.5 Å². The van der Waals surface area contributed by atoms with Crippen LogP contribution in [0.4, 0.5) is 5.69 Å². The fourth-order valence-corrected chi connectivity index (χ4v) is 5.14. The molecule has 2 heterocycles. The molecule has 28 heavy (non-hydrogen) atoms. The number of amides is 1. The average Bonchev–Trinajstić information content (AvgIpc) is 2.95. The fraction of sp³-hybridized carbons (Fsp3) is 0.381. The van der Waals surface area contributed by atoms with E-state index < -0.39 is 0 Å². The van der Waals surface area contributed by atoms with Gasteiger partial charge in [-0.3, -0.25) is 14.2 Å². The zero-order chi connectivity index (χ0) is 20.4. The Morgan fingerprint density at radius 2 is 2.00 bits per heavy atom. The van der Waals surface area contributed by atoms with E-state index in [1.54, 1.807) is 4.57 Å². The summed E-state index contributed by atoms with van der Waals surface area (Å²) in [5.74, 6) is 0.114. The highest BCUT2D eigenvalue weighted by Crippen LogP contribution is 2.28. The molecule has 2 aromatic heterocycles. The predicted octanol–water partition coefficient (Wildman–Crippen LogP) is 4.70. The number of hydrogen-bond acceptors (Lipinski definition) is 5. The van der Waals surface area contributed by atoms with Crippen LogP contribution in [-0.2, 0) is 17.8 Å². The summed E-state index contributed by atoms with van der Waals surface area (Å²) < 4.78 is 1.66. The lowest BCUT2D eigenvalue weighted by Gasteiger charge is -2.13. The molecule has 1 aromatic carbocycles. The molecule has 148 valence electrons. The van der Waals surface area contributed by atoms with E-state index in [4.69, 9.17) is 0 Å². The number of carbonyl (C=O) groups excluding carboxylic acids is 1. The SMILES string of the molecule is CCc1cccc(C)c1NC(=O)CSc1nc2sc(C)c(C)c2c(=O)n1CC. The van der Waals surface area contributed by atoms with E-state index in [0.29, 0.717) is 17.1 Å². The number of benzene rings is 1. The molecule has 0 radical (unpaired) electrons. The maximum absolute atomic E-state index is 12.9. The number of aromatic nitrogens is 2. The molecule has 1 amide bonds. The van der Waals surface area contributed by atoms with Crippen molar-refractivity contribution in [1.82, 2.24) is 9.55 Å². The molecule has 3 aromatic rings. The maximum Gasteiger partial charge on any atom is 0.263 e. The van der Waals surface area contributed by atoms with Crippen molar-refractivity contribution in [1.29, 1.82) is 0 Å². The Labute approximate surface area is 173 Å². The number of thiophene rings is 1. The first kappa shape index (κ1) is 20.6. The van der Waals surface area contributed by atoms with Gasteiger partial charge in [-0.25, -0.2) is 4.98 Å². The van der Waals surface area contributed by atoms with Gasteiger partial charge in [-0.2, -0.15) is 0 Å². The molecular weight excluding hydrogens is 390 g/mol. The van der Waals surface area contributed by atoms with Crippen LogP contribution >= 0.6 is 23.1 Å². The minimum atomic E-state index is -0.0930. The second kappa shape index (κ2) is 8.49. The van der Waals surface area contributed by atoms with Crippen LogP contribution < -0.4 is 10.9 Å². The zero-order valence-corrected chi connectivity index (χ0v) is 18.5. The van der Waals surface area contributed by atoms with Crippen molar-refractivity contribution < 1.29 is 4.79 Å². The molecule has 5 nitrogen and oxygen atoms in total. The molecule has 0 aliphatic carbocycles. The summed E-state index contributed by atoms with van der Waals surface area (Å²) in [5, 5.41) is 4.32. The van der Waals surface area contributed by atoms with E-state index in [1.807, 2.05) is 45.9 Å². The molecule has 0 aliphatic rings. The summed E-state index contributed by atoms with van der Waals surface area (Å²) in [4.78, 5) is 32.0. The summed E-state index contributed by atoms with van der Waals surface area (Å²) in [7, 11) is 0. The fourth-order valence-electron chi connectivity index (χ4n) is 3.21. The number of anilines is 1. The van der Waals surface area contributed by atoms with E-state index >= 15 is 0 Å². The number of nitrogens with zero attached hydrogens (tertiary/aromatic N) is 2. The molecular formula is C21H25N3O2S2. The Morgan fingerprint density at radius 1 is 1.25 bits per heavy atom. The molecule has 1 N–H and O–H groups in total. The van der Waals surface area contributed by atoms with Crippen LogP contribution in [-0.4, -0.2) is 21.2 Å². The predicted molar refractivity (Wildman–Crippen MR) is 119 cm³/mol. The number of rotatable bonds is 6. The Bertz CT molecular complexity index is 1100. The summed E-state index contributed by atoms with van der Waals surface area (Å²) >= 11 is 2.84. The van der Waals surface area contributed by atoms with Crippen molar-refractivity contribution in [2.75, 3.05) is 11.1 Å². The van der Waals surface area contributed by atoms with Crippen LogP contribution in [0, 0.1) is 20.8 Å². The zero-order valence-electron chi connectivity index (χ0n) is 16.9. The summed E-state index contributed by atoms with van der Waals surface area (Å²) in [6, 6.07) is 6.03. The van der Waals surface area contributed by atoms with E-state index in [-0.39, 0.29) is 17.2 Å². The number of fused-ring (bicyclic) bond motifs is 1. The summed E-state index contributed by atoms with van der Waals surface area (Å²) in [6.07, 6.45) is 0.856. The molecule has 0 bridgehead atoms. The third-order valence-electron chi connectivity index (χ3n) is 4.91. The van der Waals surface area contributed by atoms with Gasteiger partial charge in [0.25, 0.3) is 5.56 Å². The van der Waals surface area contributed by atoms with Gasteiger partial charge >= 0.3 is 0 Å². The minimum Gasteiger partial charge on any atom is -0.325 e. The molecule has 0 saturated heterocycles. The van der Waals surface area contributed by atoms with Gasteiger partial charge in [-0.15, -0.1) is 11.3 Å². The second-order valence-electron chi connectivity index (χ2n) is 6.71. The third kappa shape index (κ3) is 3.86. The summed E-state index contributed by atoms with van der Waals surface area (Å²) in [6.45, 7) is 10.5. The monoisotopic (exact) mass is 415 g/mol. The second-order valence-corrected chi connectivity index (χ2v) is 8.85. The van der Waals surface area contributed by atoms with E-state index in [2.05, 4.69) is 17.2 Å². The van der Waals surface area contributed by atoms with Crippen molar-refractivity contribution in [3.8, 4) is 0 Å². The molecule has 7 heteroatoms. The summed E-state index contributed by atoms with van der Waals surface area (Å²) in [5.41, 5.74) is 4.03. The normalized spacial score (nSPS) is 11.2. The van der Waals surface area contributed by atoms with Gasteiger partial charge < -0.3 is 5.32 Å². The lowest BCUT2D eigenvalue weighted by Crippen LogP contribution is -2.23. The van der Waals surface area contributed by atoms with Crippen molar-refractivity contribution in [2.45, 2.75) is 52.7 Å². The Morgan fingerprint density at radius 3 is 2.68 bits per heavy atom. The van der Waals surface area contributed by atoms with Gasteiger partial charge in [0.2, 0.25) is 5.91 Å². The number of thioether (sulfide) groups is 1. The van der Waals surface area contributed by atoms with Crippen LogP contribution in [0.5, 0.6) is 0 Å². The lowest BCUT2D eigenvalue weighted by atomic mass is 10.1. The van der Waals surface area contributed by atoms with Gasteiger partial charge in [-0.1, -0.05) is 36.9 Å².